The third kappa shape index (κ3) is 9.80. The first-order valence-electron chi connectivity index (χ1n) is 14.2. The molecule has 2 heterocycles. The predicted molar refractivity (Wildman–Crippen MR) is 152 cm³/mol. The highest BCUT2D eigenvalue weighted by molar-refractivity contribution is 5.69. The molecule has 0 aliphatic heterocycles. The van der Waals surface area contributed by atoms with Gasteiger partial charge in [0.1, 0.15) is 13.2 Å². The molecule has 20 nitrogen and oxygen atoms in total. The molecule has 2 aromatic rings. The van der Waals surface area contributed by atoms with E-state index in [-0.39, 0.29) is 65.3 Å². The summed E-state index contributed by atoms with van der Waals surface area (Å²) in [5.74, 6) is -1.27. The van der Waals surface area contributed by atoms with Gasteiger partial charge in [0.25, 0.3) is 0 Å². The highest BCUT2D eigenvalue weighted by Crippen LogP contribution is 2.05. The monoisotopic (exact) mass is 646 g/mol. The van der Waals surface area contributed by atoms with Crippen molar-refractivity contribution in [1.82, 2.24) is 27.4 Å². The summed E-state index contributed by atoms with van der Waals surface area (Å²) in [5.41, 5.74) is -5.93. The molecule has 4 N–H and O–H groups in total. The van der Waals surface area contributed by atoms with Gasteiger partial charge < -0.3 is 29.9 Å². The van der Waals surface area contributed by atoms with Crippen molar-refractivity contribution in [3.63, 3.8) is 0 Å². The normalized spacial score (nSPS) is 11.1. The first-order valence-corrected chi connectivity index (χ1v) is 14.2. The molecule has 252 valence electrons. The lowest BCUT2D eigenvalue weighted by Crippen LogP contribution is -2.55. The van der Waals surface area contributed by atoms with Crippen molar-refractivity contribution in [1.29, 1.82) is 0 Å². The van der Waals surface area contributed by atoms with Crippen molar-refractivity contribution in [2.45, 2.75) is 71.4 Å². The van der Waals surface area contributed by atoms with Gasteiger partial charge in [-0.15, -0.1) is 0 Å². The molecule has 0 radical (unpaired) electrons. The lowest BCUT2D eigenvalue weighted by Gasteiger charge is -2.13. The molecule has 0 bridgehead atoms. The summed E-state index contributed by atoms with van der Waals surface area (Å²) < 4.78 is 14.0. The molecule has 20 heteroatoms. The largest absolute Gasteiger partial charge is 0.464 e. The Morgan fingerprint density at radius 3 is 0.911 bits per heavy atom. The van der Waals surface area contributed by atoms with Gasteiger partial charge in [-0.25, -0.2) is 56.2 Å². The predicted octanol–water partition coefficient (Wildman–Crippen LogP) is -5.64. The van der Waals surface area contributed by atoms with Gasteiger partial charge in [0.05, 0.1) is 65.7 Å². The lowest BCUT2D eigenvalue weighted by atomic mass is 10.1. The van der Waals surface area contributed by atoms with Crippen LogP contribution in [0.2, 0.25) is 0 Å². The van der Waals surface area contributed by atoms with E-state index in [1.807, 2.05) is 0 Å². The van der Waals surface area contributed by atoms with Crippen molar-refractivity contribution >= 4 is 11.9 Å². The summed E-state index contributed by atoms with van der Waals surface area (Å²) in [7, 11) is 0. The summed E-state index contributed by atoms with van der Waals surface area (Å²) in [5, 5.41) is 36.5. The number of unbranched alkanes of at least 4 members (excludes halogenated alkanes) is 2. The Hall–Kier alpha value is -4.40. The second-order valence-corrected chi connectivity index (χ2v) is 9.50. The lowest BCUT2D eigenvalue weighted by molar-refractivity contribution is -0.144. The maximum atomic E-state index is 12.5. The molecule has 0 saturated carbocycles. The third-order valence-corrected chi connectivity index (χ3v) is 6.48. The highest BCUT2D eigenvalue weighted by Gasteiger charge is 2.17. The Bertz CT molecular complexity index is 1450. The fraction of sp³-hybridized carbons (Fsp3) is 0.680. The van der Waals surface area contributed by atoms with Crippen molar-refractivity contribution in [3.8, 4) is 0 Å². The molecule has 0 spiro atoms. The molecule has 45 heavy (non-hydrogen) atoms. The van der Waals surface area contributed by atoms with Crippen molar-refractivity contribution < 1.29 is 39.5 Å². The average Bonchev–Trinajstić information content (AvgIpc) is 3.01. The summed E-state index contributed by atoms with van der Waals surface area (Å²) in [6.07, 6.45) is 1.04. The zero-order valence-corrected chi connectivity index (χ0v) is 24.6. The van der Waals surface area contributed by atoms with E-state index in [2.05, 4.69) is 0 Å². The number of carbonyl (C=O) groups excluding carboxylic acids is 2. The van der Waals surface area contributed by atoms with Crippen LogP contribution in [-0.4, -0.2) is 99.4 Å². The van der Waals surface area contributed by atoms with Crippen LogP contribution < -0.4 is 34.1 Å². The van der Waals surface area contributed by atoms with Crippen LogP contribution in [-0.2, 0) is 58.3 Å². The molecule has 0 amide bonds. The first kappa shape index (κ1) is 36.8. The molecule has 2 rings (SSSR count). The number of aliphatic hydroxyl groups excluding tert-OH is 4. The Labute approximate surface area is 253 Å². The topological polar surface area (TPSA) is 266 Å². The van der Waals surface area contributed by atoms with Gasteiger partial charge in [-0.05, 0) is 12.8 Å². The van der Waals surface area contributed by atoms with Gasteiger partial charge >= 0.3 is 46.1 Å². The molecule has 2 aromatic heterocycles. The molecule has 0 unspecified atom stereocenters. The second-order valence-electron chi connectivity index (χ2n) is 9.50. The van der Waals surface area contributed by atoms with Crippen molar-refractivity contribution in [3.05, 3.63) is 62.9 Å². The number of aliphatic hydroxyl groups is 4. The van der Waals surface area contributed by atoms with E-state index in [1.54, 1.807) is 0 Å². The highest BCUT2D eigenvalue weighted by atomic mass is 16.5. The SMILES string of the molecule is O=C(CCCCCC(=O)OCCn1c(=O)n(CCO)c(=O)n(CCO)c1=O)OCCn1c(=O)n(CCO)c(=O)n(CCO)c1=O. The molecule has 0 atom stereocenters. The molecular formula is C25H38N6O14. The van der Waals surface area contributed by atoms with Crippen LogP contribution in [0.15, 0.2) is 28.8 Å². The molecule has 0 aliphatic rings. The molecule has 0 saturated heterocycles. The minimum atomic E-state index is -0.993. The molecule has 0 aromatic carbocycles. The van der Waals surface area contributed by atoms with Crippen molar-refractivity contribution in [2.75, 3.05) is 39.6 Å². The number of rotatable bonds is 20. The Balaban J connectivity index is 1.79. The van der Waals surface area contributed by atoms with Gasteiger partial charge in [-0.2, -0.15) is 0 Å². The maximum absolute atomic E-state index is 12.5. The molecular weight excluding hydrogens is 608 g/mol. The van der Waals surface area contributed by atoms with E-state index >= 15 is 0 Å². The first-order chi connectivity index (χ1) is 21.5. The van der Waals surface area contributed by atoms with E-state index in [0.717, 1.165) is 0 Å². The summed E-state index contributed by atoms with van der Waals surface area (Å²) in [6, 6.07) is 0. The van der Waals surface area contributed by atoms with Crippen LogP contribution in [0, 0.1) is 0 Å². The van der Waals surface area contributed by atoms with Gasteiger partial charge in [0, 0.05) is 12.8 Å². The Kier molecular flexibility index (Phi) is 15.1. The fourth-order valence-corrected chi connectivity index (χ4v) is 4.27. The third-order valence-electron chi connectivity index (χ3n) is 6.48. The average molecular weight is 647 g/mol. The van der Waals surface area contributed by atoms with E-state index < -0.39 is 72.5 Å². The minimum Gasteiger partial charge on any atom is -0.464 e. The number of hydrogen-bond acceptors (Lipinski definition) is 14. The summed E-state index contributed by atoms with van der Waals surface area (Å²) in [6.45, 7) is -5.10. The molecule has 0 aliphatic carbocycles. The van der Waals surface area contributed by atoms with Gasteiger partial charge in [-0.3, -0.25) is 9.59 Å². The van der Waals surface area contributed by atoms with Crippen LogP contribution in [0.1, 0.15) is 32.1 Å². The zero-order chi connectivity index (χ0) is 33.5. The maximum Gasteiger partial charge on any atom is 0.336 e. The Morgan fingerprint density at radius 1 is 0.422 bits per heavy atom. The van der Waals surface area contributed by atoms with Crippen molar-refractivity contribution in [2.24, 2.45) is 0 Å². The van der Waals surface area contributed by atoms with E-state index in [4.69, 9.17) is 29.9 Å². The van der Waals surface area contributed by atoms with E-state index in [9.17, 15) is 38.4 Å². The number of ether oxygens (including phenoxy) is 2. The number of esters is 2. The number of nitrogens with zero attached hydrogens (tertiary/aromatic N) is 6. The van der Waals surface area contributed by atoms with E-state index in [1.165, 1.54) is 0 Å². The van der Waals surface area contributed by atoms with Crippen LogP contribution in [0.3, 0.4) is 0 Å². The van der Waals surface area contributed by atoms with Gasteiger partial charge in [0.15, 0.2) is 0 Å². The van der Waals surface area contributed by atoms with Crippen LogP contribution in [0.4, 0.5) is 0 Å². The summed E-state index contributed by atoms with van der Waals surface area (Å²) in [4.78, 5) is 98.6. The second kappa shape index (κ2) is 18.4. The van der Waals surface area contributed by atoms with Crippen LogP contribution in [0.25, 0.3) is 0 Å². The number of aromatic nitrogens is 6. The standard InChI is InChI=1S/C25H38N6O14/c32-12-6-26-20(38)27(7-13-33)23(41)30(22(26)40)10-16-44-18(36)4-2-1-3-5-19(37)45-17-11-31-24(42)28(8-14-34)21(39)29(9-15-35)25(31)43/h32-35H,1-17H2. The number of hydrogen-bond donors (Lipinski definition) is 4. The quantitative estimate of drug-likeness (QED) is 0.0772. The molecule has 0 fully saturated rings. The van der Waals surface area contributed by atoms with Crippen LogP contribution in [0.5, 0.6) is 0 Å². The Morgan fingerprint density at radius 2 is 0.667 bits per heavy atom. The summed E-state index contributed by atoms with van der Waals surface area (Å²) >= 11 is 0. The number of carbonyl (C=O) groups is 2. The van der Waals surface area contributed by atoms with Crippen LogP contribution >= 0.6 is 0 Å². The zero-order valence-electron chi connectivity index (χ0n) is 24.6. The van der Waals surface area contributed by atoms with Gasteiger partial charge in [0.2, 0.25) is 0 Å². The smallest absolute Gasteiger partial charge is 0.336 e. The minimum absolute atomic E-state index is 0.0325. The fourth-order valence-electron chi connectivity index (χ4n) is 4.27. The van der Waals surface area contributed by atoms with Gasteiger partial charge in [-0.1, -0.05) is 6.42 Å². The van der Waals surface area contributed by atoms with E-state index in [0.29, 0.717) is 46.7 Å².